The fraction of sp³-hybridized carbons (Fsp3) is 0.846. The average molecular weight is 239 g/mol. The van der Waals surface area contributed by atoms with Crippen LogP contribution in [0.3, 0.4) is 0 Å². The van der Waals surface area contributed by atoms with Gasteiger partial charge >= 0.3 is 5.97 Å². The number of hydrogen-bond acceptors (Lipinski definition) is 2. The van der Waals surface area contributed by atoms with Crippen LogP contribution in [-0.2, 0) is 9.59 Å². The Balaban J connectivity index is 1.84. The van der Waals surface area contributed by atoms with Gasteiger partial charge in [-0.05, 0) is 31.1 Å². The number of carbonyl (C=O) groups is 2. The zero-order valence-electron chi connectivity index (χ0n) is 10.4. The minimum absolute atomic E-state index is 0.0528. The molecule has 0 aliphatic heterocycles. The Morgan fingerprint density at radius 3 is 2.41 bits per heavy atom. The molecule has 0 aromatic carbocycles. The first kappa shape index (κ1) is 12.4. The molecule has 2 rings (SSSR count). The summed E-state index contributed by atoms with van der Waals surface area (Å²) in [6.07, 6.45) is 5.80. The lowest BCUT2D eigenvalue weighted by Crippen LogP contribution is -2.43. The summed E-state index contributed by atoms with van der Waals surface area (Å²) in [7, 11) is 0. The zero-order valence-corrected chi connectivity index (χ0v) is 10.4. The van der Waals surface area contributed by atoms with E-state index in [2.05, 4.69) is 12.2 Å². The standard InChI is InChI=1S/C13H21NO3/c1-13(6-3-7-13)8-14-11(15)9-4-2-5-10(9)12(16)17/h9-10H,2-8H2,1H3,(H,14,15)(H,16,17). The Kier molecular flexibility index (Phi) is 3.40. The van der Waals surface area contributed by atoms with Gasteiger partial charge in [0.2, 0.25) is 5.91 Å². The third kappa shape index (κ3) is 2.61. The van der Waals surface area contributed by atoms with Crippen LogP contribution in [0.15, 0.2) is 0 Å². The van der Waals surface area contributed by atoms with Crippen molar-refractivity contribution in [3.8, 4) is 0 Å². The number of carboxylic acid groups (broad SMARTS) is 1. The van der Waals surface area contributed by atoms with Gasteiger partial charge in [0.05, 0.1) is 11.8 Å². The number of carboxylic acids is 1. The van der Waals surface area contributed by atoms with Gasteiger partial charge in [-0.1, -0.05) is 19.8 Å². The van der Waals surface area contributed by atoms with Crippen molar-refractivity contribution in [2.75, 3.05) is 6.54 Å². The number of hydrogen-bond donors (Lipinski definition) is 2. The van der Waals surface area contributed by atoms with E-state index in [9.17, 15) is 9.59 Å². The van der Waals surface area contributed by atoms with Crippen molar-refractivity contribution in [3.05, 3.63) is 0 Å². The molecule has 2 N–H and O–H groups in total. The van der Waals surface area contributed by atoms with E-state index in [0.29, 0.717) is 13.0 Å². The van der Waals surface area contributed by atoms with Gasteiger partial charge in [-0.3, -0.25) is 9.59 Å². The molecular formula is C13H21NO3. The topological polar surface area (TPSA) is 66.4 Å². The summed E-state index contributed by atoms with van der Waals surface area (Å²) in [5.74, 6) is -1.65. The molecule has 2 saturated carbocycles. The molecule has 2 aliphatic rings. The molecule has 2 fully saturated rings. The first-order valence-electron chi connectivity index (χ1n) is 6.52. The Hall–Kier alpha value is -1.06. The summed E-state index contributed by atoms with van der Waals surface area (Å²) in [4.78, 5) is 23.0. The Morgan fingerprint density at radius 2 is 1.88 bits per heavy atom. The fourth-order valence-corrected chi connectivity index (χ4v) is 2.96. The van der Waals surface area contributed by atoms with E-state index >= 15 is 0 Å². The molecule has 4 nitrogen and oxygen atoms in total. The number of aliphatic carboxylic acids is 1. The van der Waals surface area contributed by atoms with Crippen molar-refractivity contribution in [3.63, 3.8) is 0 Å². The van der Waals surface area contributed by atoms with E-state index in [1.54, 1.807) is 0 Å². The van der Waals surface area contributed by atoms with Gasteiger partial charge in [0.25, 0.3) is 0 Å². The van der Waals surface area contributed by atoms with Crippen molar-refractivity contribution in [1.29, 1.82) is 0 Å². The van der Waals surface area contributed by atoms with Crippen LogP contribution in [0.4, 0.5) is 0 Å². The second-order valence-corrected chi connectivity index (χ2v) is 5.86. The number of carbonyl (C=O) groups excluding carboxylic acids is 1. The Bertz CT molecular complexity index is 323. The van der Waals surface area contributed by atoms with Crippen molar-refractivity contribution in [2.24, 2.45) is 17.3 Å². The van der Waals surface area contributed by atoms with Gasteiger partial charge < -0.3 is 10.4 Å². The van der Waals surface area contributed by atoms with Crippen LogP contribution in [0.1, 0.15) is 45.4 Å². The third-order valence-corrected chi connectivity index (χ3v) is 4.42. The summed E-state index contributed by atoms with van der Waals surface area (Å²) >= 11 is 0. The van der Waals surface area contributed by atoms with E-state index in [4.69, 9.17) is 5.11 Å². The van der Waals surface area contributed by atoms with Crippen LogP contribution in [0.25, 0.3) is 0 Å². The number of rotatable bonds is 4. The van der Waals surface area contributed by atoms with Crippen LogP contribution in [0.5, 0.6) is 0 Å². The molecule has 0 heterocycles. The van der Waals surface area contributed by atoms with Crippen molar-refractivity contribution in [2.45, 2.75) is 45.4 Å². The average Bonchev–Trinajstić information content (AvgIpc) is 2.72. The summed E-state index contributed by atoms with van der Waals surface area (Å²) < 4.78 is 0. The highest BCUT2D eigenvalue weighted by atomic mass is 16.4. The molecule has 0 bridgehead atoms. The predicted octanol–water partition coefficient (Wildman–Crippen LogP) is 1.79. The van der Waals surface area contributed by atoms with E-state index < -0.39 is 11.9 Å². The van der Waals surface area contributed by atoms with Crippen molar-refractivity contribution in [1.82, 2.24) is 5.32 Å². The maximum Gasteiger partial charge on any atom is 0.307 e. The van der Waals surface area contributed by atoms with Gasteiger partial charge in [0.1, 0.15) is 0 Å². The zero-order chi connectivity index (χ0) is 12.5. The van der Waals surface area contributed by atoms with Gasteiger partial charge in [-0.25, -0.2) is 0 Å². The van der Waals surface area contributed by atoms with Crippen molar-refractivity contribution >= 4 is 11.9 Å². The van der Waals surface area contributed by atoms with Crippen LogP contribution in [0.2, 0.25) is 0 Å². The summed E-state index contributed by atoms with van der Waals surface area (Å²) in [5, 5.41) is 12.0. The molecule has 2 unspecified atom stereocenters. The van der Waals surface area contributed by atoms with E-state index in [1.807, 2.05) is 0 Å². The molecule has 1 amide bonds. The third-order valence-electron chi connectivity index (χ3n) is 4.42. The van der Waals surface area contributed by atoms with E-state index in [1.165, 1.54) is 19.3 Å². The highest BCUT2D eigenvalue weighted by molar-refractivity contribution is 5.85. The quantitative estimate of drug-likeness (QED) is 0.786. The first-order valence-corrected chi connectivity index (χ1v) is 6.52. The van der Waals surface area contributed by atoms with Gasteiger partial charge in [0, 0.05) is 6.54 Å². The fourth-order valence-electron chi connectivity index (χ4n) is 2.96. The minimum atomic E-state index is -0.822. The molecule has 0 aromatic rings. The van der Waals surface area contributed by atoms with E-state index in [-0.39, 0.29) is 17.2 Å². The molecule has 0 radical (unpaired) electrons. The van der Waals surface area contributed by atoms with Crippen LogP contribution >= 0.6 is 0 Å². The second kappa shape index (κ2) is 4.67. The van der Waals surface area contributed by atoms with Gasteiger partial charge in [0.15, 0.2) is 0 Å². The maximum atomic E-state index is 12.0. The summed E-state index contributed by atoms with van der Waals surface area (Å²) in [6, 6.07) is 0. The molecule has 0 aromatic heterocycles. The smallest absolute Gasteiger partial charge is 0.307 e. The molecule has 4 heteroatoms. The lowest BCUT2D eigenvalue weighted by atomic mass is 9.70. The highest BCUT2D eigenvalue weighted by Gasteiger charge is 2.39. The lowest BCUT2D eigenvalue weighted by molar-refractivity contribution is -0.146. The lowest BCUT2D eigenvalue weighted by Gasteiger charge is -2.38. The normalized spacial score (nSPS) is 30.6. The molecule has 96 valence electrons. The highest BCUT2D eigenvalue weighted by Crippen LogP contribution is 2.39. The number of amides is 1. The molecule has 2 atom stereocenters. The Labute approximate surface area is 102 Å². The van der Waals surface area contributed by atoms with E-state index in [0.717, 1.165) is 12.8 Å². The van der Waals surface area contributed by atoms with Crippen LogP contribution in [-0.4, -0.2) is 23.5 Å². The van der Waals surface area contributed by atoms with Crippen molar-refractivity contribution < 1.29 is 14.7 Å². The molecule has 0 spiro atoms. The molecule has 17 heavy (non-hydrogen) atoms. The minimum Gasteiger partial charge on any atom is -0.481 e. The molecular weight excluding hydrogens is 218 g/mol. The number of nitrogens with one attached hydrogen (secondary N) is 1. The SMILES string of the molecule is CC1(CNC(=O)C2CCCC2C(=O)O)CCC1. The largest absolute Gasteiger partial charge is 0.481 e. The molecule has 0 saturated heterocycles. The maximum absolute atomic E-state index is 12.0. The summed E-state index contributed by atoms with van der Waals surface area (Å²) in [6.45, 7) is 2.88. The first-order chi connectivity index (χ1) is 8.02. The summed E-state index contributed by atoms with van der Waals surface area (Å²) in [5.41, 5.74) is 0.257. The van der Waals surface area contributed by atoms with Gasteiger partial charge in [-0.2, -0.15) is 0 Å². The predicted molar refractivity (Wildman–Crippen MR) is 63.4 cm³/mol. The van der Waals surface area contributed by atoms with Gasteiger partial charge in [-0.15, -0.1) is 0 Å². The van der Waals surface area contributed by atoms with Crippen LogP contribution in [0, 0.1) is 17.3 Å². The monoisotopic (exact) mass is 239 g/mol. The second-order valence-electron chi connectivity index (χ2n) is 5.86. The van der Waals surface area contributed by atoms with Crippen LogP contribution < -0.4 is 5.32 Å². The molecule has 2 aliphatic carbocycles. The Morgan fingerprint density at radius 1 is 1.24 bits per heavy atom.